The molecule has 0 aliphatic rings. The molecule has 2 aromatic heterocycles. The highest BCUT2D eigenvalue weighted by Gasteiger charge is 2.12. The van der Waals surface area contributed by atoms with E-state index in [1.165, 1.54) is 0 Å². The Hall–Kier alpha value is -2.41. The van der Waals surface area contributed by atoms with E-state index >= 15 is 0 Å². The number of nitrogens with zero attached hydrogens (tertiary/aromatic N) is 4. The molecule has 0 radical (unpaired) electrons. The van der Waals surface area contributed by atoms with Crippen LogP contribution in [0, 0.1) is 0 Å². The largest absolute Gasteiger partial charge is 0.376 e. The Labute approximate surface area is 117 Å². The van der Waals surface area contributed by atoms with Gasteiger partial charge in [0.15, 0.2) is 0 Å². The van der Waals surface area contributed by atoms with Crippen molar-refractivity contribution in [3.05, 3.63) is 36.7 Å². The van der Waals surface area contributed by atoms with Crippen LogP contribution in [-0.4, -0.2) is 41.1 Å². The second-order valence-corrected chi connectivity index (χ2v) is 4.53. The molecular formula is C13H18N6O. The molecular weight excluding hydrogens is 256 g/mol. The van der Waals surface area contributed by atoms with E-state index in [4.69, 9.17) is 5.73 Å². The minimum absolute atomic E-state index is 0.267. The van der Waals surface area contributed by atoms with E-state index in [2.05, 4.69) is 15.3 Å². The summed E-state index contributed by atoms with van der Waals surface area (Å²) < 4.78 is 1.78. The summed E-state index contributed by atoms with van der Waals surface area (Å²) in [7, 11) is 3.81. The maximum absolute atomic E-state index is 12.1. The number of pyridine rings is 1. The SMILES string of the molecule is CN(C)c1ccncc1NC(=O)c1cn(CCN)cn1. The standard InChI is InChI=1S/C13H18N6O/c1-18(2)12-3-5-15-7-10(12)17-13(20)11-8-19(6-4-14)9-16-11/h3,5,7-9H,4,6,14H2,1-2H3,(H,17,20). The van der Waals surface area contributed by atoms with Gasteiger partial charge in [0.2, 0.25) is 0 Å². The predicted octanol–water partition coefficient (Wildman–Crippen LogP) is 0.555. The molecule has 106 valence electrons. The zero-order chi connectivity index (χ0) is 14.5. The lowest BCUT2D eigenvalue weighted by Crippen LogP contribution is -2.17. The maximum atomic E-state index is 12.1. The molecule has 0 aliphatic carbocycles. The Morgan fingerprint density at radius 1 is 1.50 bits per heavy atom. The van der Waals surface area contributed by atoms with Crippen molar-refractivity contribution < 1.29 is 4.79 Å². The number of carbonyl (C=O) groups excluding carboxylic acids is 1. The summed E-state index contributed by atoms with van der Waals surface area (Å²) in [6, 6.07) is 1.84. The van der Waals surface area contributed by atoms with Crippen molar-refractivity contribution >= 4 is 17.3 Å². The Kier molecular flexibility index (Phi) is 4.31. The van der Waals surface area contributed by atoms with Gasteiger partial charge in [0.25, 0.3) is 5.91 Å². The van der Waals surface area contributed by atoms with Crippen LogP contribution in [0.25, 0.3) is 0 Å². The molecule has 0 aromatic carbocycles. The summed E-state index contributed by atoms with van der Waals surface area (Å²) in [5, 5.41) is 2.81. The molecule has 1 amide bonds. The third-order valence-electron chi connectivity index (χ3n) is 2.78. The average molecular weight is 274 g/mol. The molecule has 0 fully saturated rings. The first kappa shape index (κ1) is 14.0. The zero-order valence-electron chi connectivity index (χ0n) is 11.6. The second kappa shape index (κ2) is 6.16. The number of aromatic nitrogens is 3. The molecule has 0 aliphatic heterocycles. The molecule has 0 saturated heterocycles. The van der Waals surface area contributed by atoms with Crippen molar-refractivity contribution in [1.82, 2.24) is 14.5 Å². The molecule has 3 N–H and O–H groups in total. The maximum Gasteiger partial charge on any atom is 0.275 e. The first-order valence-electron chi connectivity index (χ1n) is 6.26. The lowest BCUT2D eigenvalue weighted by molar-refractivity contribution is 0.102. The number of anilines is 2. The molecule has 0 bridgehead atoms. The highest BCUT2D eigenvalue weighted by atomic mass is 16.1. The Bertz CT molecular complexity index is 592. The number of nitrogens with one attached hydrogen (secondary N) is 1. The van der Waals surface area contributed by atoms with Gasteiger partial charge in [-0.3, -0.25) is 9.78 Å². The van der Waals surface area contributed by atoms with E-state index in [0.717, 1.165) is 5.69 Å². The zero-order valence-corrected chi connectivity index (χ0v) is 11.6. The average Bonchev–Trinajstić information content (AvgIpc) is 2.88. The Balaban J connectivity index is 2.15. The molecule has 2 aromatic rings. The lowest BCUT2D eigenvalue weighted by Gasteiger charge is -2.16. The predicted molar refractivity (Wildman–Crippen MR) is 77.8 cm³/mol. The molecule has 0 unspecified atom stereocenters. The number of hydrogen-bond acceptors (Lipinski definition) is 5. The van der Waals surface area contributed by atoms with Gasteiger partial charge in [-0.2, -0.15) is 0 Å². The summed E-state index contributed by atoms with van der Waals surface area (Å²) >= 11 is 0. The van der Waals surface area contributed by atoms with Crippen LogP contribution in [0.2, 0.25) is 0 Å². The van der Waals surface area contributed by atoms with Crippen LogP contribution >= 0.6 is 0 Å². The van der Waals surface area contributed by atoms with Crippen LogP contribution in [-0.2, 0) is 6.54 Å². The first-order valence-corrected chi connectivity index (χ1v) is 6.26. The Morgan fingerprint density at radius 2 is 2.30 bits per heavy atom. The lowest BCUT2D eigenvalue weighted by atomic mass is 10.3. The van der Waals surface area contributed by atoms with Gasteiger partial charge in [-0.1, -0.05) is 0 Å². The number of amides is 1. The summed E-state index contributed by atoms with van der Waals surface area (Å²) in [4.78, 5) is 22.1. The number of imidazole rings is 1. The van der Waals surface area contributed by atoms with Crippen molar-refractivity contribution in [3.8, 4) is 0 Å². The summed E-state index contributed by atoms with van der Waals surface area (Å²) in [5.41, 5.74) is 7.35. The van der Waals surface area contributed by atoms with Crippen LogP contribution in [0.15, 0.2) is 31.0 Å². The molecule has 0 saturated carbocycles. The smallest absolute Gasteiger partial charge is 0.275 e. The van der Waals surface area contributed by atoms with Gasteiger partial charge in [0.1, 0.15) is 5.69 Å². The normalized spacial score (nSPS) is 10.3. The third-order valence-corrected chi connectivity index (χ3v) is 2.78. The van der Waals surface area contributed by atoms with E-state index < -0.39 is 0 Å². The summed E-state index contributed by atoms with van der Waals surface area (Å²) in [5.74, 6) is -0.267. The molecule has 0 atom stereocenters. The van der Waals surface area contributed by atoms with Crippen LogP contribution in [0.4, 0.5) is 11.4 Å². The van der Waals surface area contributed by atoms with Crippen molar-refractivity contribution in [2.24, 2.45) is 5.73 Å². The fourth-order valence-electron chi connectivity index (χ4n) is 1.81. The summed E-state index contributed by atoms with van der Waals surface area (Å²) in [6.07, 6.45) is 6.57. The van der Waals surface area contributed by atoms with Crippen LogP contribution in [0.1, 0.15) is 10.5 Å². The van der Waals surface area contributed by atoms with E-state index in [0.29, 0.717) is 24.5 Å². The quantitative estimate of drug-likeness (QED) is 0.831. The fraction of sp³-hybridized carbons (Fsp3) is 0.308. The molecule has 0 spiro atoms. The number of hydrogen-bond donors (Lipinski definition) is 2. The van der Waals surface area contributed by atoms with Gasteiger partial charge in [-0.05, 0) is 6.07 Å². The van der Waals surface area contributed by atoms with Gasteiger partial charge in [-0.15, -0.1) is 0 Å². The number of carbonyl (C=O) groups is 1. The molecule has 7 heteroatoms. The van der Waals surface area contributed by atoms with Crippen molar-refractivity contribution in [2.75, 3.05) is 30.9 Å². The van der Waals surface area contributed by atoms with Gasteiger partial charge in [-0.25, -0.2) is 4.98 Å². The van der Waals surface area contributed by atoms with Gasteiger partial charge >= 0.3 is 0 Å². The van der Waals surface area contributed by atoms with Crippen molar-refractivity contribution in [2.45, 2.75) is 6.54 Å². The van der Waals surface area contributed by atoms with Crippen LogP contribution in [0.5, 0.6) is 0 Å². The molecule has 7 nitrogen and oxygen atoms in total. The minimum atomic E-state index is -0.267. The van der Waals surface area contributed by atoms with Crippen molar-refractivity contribution in [1.29, 1.82) is 0 Å². The number of rotatable bonds is 5. The van der Waals surface area contributed by atoms with E-state index in [9.17, 15) is 4.79 Å². The summed E-state index contributed by atoms with van der Waals surface area (Å²) in [6.45, 7) is 1.14. The second-order valence-electron chi connectivity index (χ2n) is 4.53. The molecule has 2 rings (SSSR count). The van der Waals surface area contributed by atoms with E-state index in [1.807, 2.05) is 25.1 Å². The van der Waals surface area contributed by atoms with Crippen molar-refractivity contribution in [3.63, 3.8) is 0 Å². The minimum Gasteiger partial charge on any atom is -0.376 e. The monoisotopic (exact) mass is 274 g/mol. The van der Waals surface area contributed by atoms with Gasteiger partial charge < -0.3 is 20.5 Å². The van der Waals surface area contributed by atoms with Gasteiger partial charge in [0.05, 0.1) is 23.9 Å². The van der Waals surface area contributed by atoms with E-state index in [-0.39, 0.29) is 5.91 Å². The topological polar surface area (TPSA) is 89.1 Å². The molecule has 2 heterocycles. The third kappa shape index (κ3) is 3.12. The van der Waals surface area contributed by atoms with Crippen LogP contribution < -0.4 is 16.0 Å². The van der Waals surface area contributed by atoms with E-state index in [1.54, 1.807) is 29.5 Å². The van der Waals surface area contributed by atoms with Gasteiger partial charge in [0, 0.05) is 39.6 Å². The first-order chi connectivity index (χ1) is 9.61. The highest BCUT2D eigenvalue weighted by molar-refractivity contribution is 6.04. The molecule has 20 heavy (non-hydrogen) atoms. The fourth-order valence-corrected chi connectivity index (χ4v) is 1.81. The number of nitrogens with two attached hydrogens (primary N) is 1. The Morgan fingerprint density at radius 3 is 3.00 bits per heavy atom. The highest BCUT2D eigenvalue weighted by Crippen LogP contribution is 2.22. The van der Waals surface area contributed by atoms with Crippen LogP contribution in [0.3, 0.4) is 0 Å².